The van der Waals surface area contributed by atoms with Gasteiger partial charge >= 0.3 is 0 Å². The Hall–Kier alpha value is -2.47. The Bertz CT molecular complexity index is 828. The molecule has 4 rings (SSSR count). The minimum absolute atomic E-state index is 0.401. The Morgan fingerprint density at radius 1 is 1.33 bits per heavy atom. The van der Waals surface area contributed by atoms with Gasteiger partial charge in [-0.25, -0.2) is 9.50 Å². The van der Waals surface area contributed by atoms with E-state index in [-0.39, 0.29) is 0 Å². The zero-order valence-electron chi connectivity index (χ0n) is 14.1. The predicted octanol–water partition coefficient (Wildman–Crippen LogP) is 2.54. The fraction of sp³-hybridized carbons (Fsp3) is 0.389. The lowest BCUT2D eigenvalue weighted by Gasteiger charge is -2.25. The summed E-state index contributed by atoms with van der Waals surface area (Å²) in [5, 5.41) is 7.99. The number of aromatic nitrogens is 4. The van der Waals surface area contributed by atoms with Gasteiger partial charge in [0, 0.05) is 37.4 Å². The van der Waals surface area contributed by atoms with Gasteiger partial charge in [-0.3, -0.25) is 9.88 Å². The Morgan fingerprint density at radius 2 is 2.25 bits per heavy atom. The second-order valence-electron chi connectivity index (χ2n) is 6.53. The molecular weight excluding hydrogens is 300 g/mol. The number of hydrogen-bond acceptors (Lipinski definition) is 5. The van der Waals surface area contributed by atoms with Crippen molar-refractivity contribution in [2.75, 3.05) is 25.5 Å². The van der Waals surface area contributed by atoms with Crippen molar-refractivity contribution in [1.29, 1.82) is 0 Å². The minimum Gasteiger partial charge on any atom is -0.368 e. The lowest BCUT2D eigenvalue weighted by Crippen LogP contribution is -2.25. The summed E-state index contributed by atoms with van der Waals surface area (Å²) in [6.45, 7) is 4.00. The van der Waals surface area contributed by atoms with Crippen molar-refractivity contribution in [2.24, 2.45) is 5.92 Å². The molecule has 0 bridgehead atoms. The van der Waals surface area contributed by atoms with Crippen LogP contribution in [0.4, 0.5) is 5.82 Å². The maximum atomic E-state index is 4.50. The molecule has 1 aliphatic heterocycles. The van der Waals surface area contributed by atoms with Crippen molar-refractivity contribution in [3.05, 3.63) is 54.2 Å². The third-order valence-corrected chi connectivity index (χ3v) is 4.84. The van der Waals surface area contributed by atoms with E-state index < -0.39 is 0 Å². The molecule has 0 aliphatic carbocycles. The van der Waals surface area contributed by atoms with Gasteiger partial charge in [0.05, 0.1) is 5.69 Å². The molecule has 4 heterocycles. The Morgan fingerprint density at radius 3 is 3.08 bits per heavy atom. The van der Waals surface area contributed by atoms with E-state index in [4.69, 9.17) is 0 Å². The minimum atomic E-state index is 0.401. The van der Waals surface area contributed by atoms with E-state index in [0.29, 0.717) is 12.0 Å². The third kappa shape index (κ3) is 2.73. The van der Waals surface area contributed by atoms with Crippen molar-refractivity contribution in [3.63, 3.8) is 0 Å². The highest BCUT2D eigenvalue weighted by Crippen LogP contribution is 2.35. The van der Waals surface area contributed by atoms with Crippen LogP contribution in [-0.4, -0.2) is 44.6 Å². The number of nitrogens with one attached hydrogen (secondary N) is 1. The number of rotatable bonds is 4. The SMILES string of the molecule is Cc1cc2c(NC[C@@H]3CCN(C)[C@H]3c3cccnc3)nccn2n1. The molecule has 3 aromatic rings. The van der Waals surface area contributed by atoms with Gasteiger partial charge in [-0.05, 0) is 50.6 Å². The van der Waals surface area contributed by atoms with Gasteiger partial charge in [0.15, 0.2) is 5.82 Å². The summed E-state index contributed by atoms with van der Waals surface area (Å²) in [4.78, 5) is 11.2. The van der Waals surface area contributed by atoms with Crippen LogP contribution in [0.2, 0.25) is 0 Å². The van der Waals surface area contributed by atoms with Gasteiger partial charge in [0.25, 0.3) is 0 Å². The van der Waals surface area contributed by atoms with E-state index >= 15 is 0 Å². The van der Waals surface area contributed by atoms with Crippen LogP contribution in [0.5, 0.6) is 0 Å². The summed E-state index contributed by atoms with van der Waals surface area (Å²) in [5.41, 5.74) is 3.31. The molecule has 1 fully saturated rings. The van der Waals surface area contributed by atoms with Crippen LogP contribution in [0.1, 0.15) is 23.7 Å². The van der Waals surface area contributed by atoms with E-state index in [1.165, 1.54) is 12.0 Å². The fourth-order valence-electron chi connectivity index (χ4n) is 3.73. The standard InChI is InChI=1S/C18H22N6/c1-13-10-16-18(20-7-9-24(16)22-13)21-12-15-5-8-23(2)17(15)14-4-3-6-19-11-14/h3-4,6-7,9-11,15,17H,5,8,12H2,1-2H3,(H,20,21)/t15-,17-/m0/s1. The molecule has 0 saturated carbocycles. The first-order valence-electron chi connectivity index (χ1n) is 8.37. The molecule has 0 aromatic carbocycles. The van der Waals surface area contributed by atoms with Crippen molar-refractivity contribution in [3.8, 4) is 0 Å². The van der Waals surface area contributed by atoms with Crippen LogP contribution < -0.4 is 5.32 Å². The molecule has 1 aliphatic rings. The van der Waals surface area contributed by atoms with E-state index in [9.17, 15) is 0 Å². The van der Waals surface area contributed by atoms with E-state index in [0.717, 1.165) is 30.1 Å². The van der Waals surface area contributed by atoms with Crippen molar-refractivity contribution in [2.45, 2.75) is 19.4 Å². The van der Waals surface area contributed by atoms with E-state index in [1.807, 2.05) is 36.1 Å². The summed E-state index contributed by atoms with van der Waals surface area (Å²) in [7, 11) is 2.19. The Labute approximate surface area is 141 Å². The van der Waals surface area contributed by atoms with Crippen LogP contribution in [0.25, 0.3) is 5.52 Å². The second kappa shape index (κ2) is 6.20. The molecule has 124 valence electrons. The molecule has 1 N–H and O–H groups in total. The van der Waals surface area contributed by atoms with E-state index in [2.05, 4.69) is 44.5 Å². The molecule has 0 amide bonds. The number of aryl methyl sites for hydroxylation is 1. The predicted molar refractivity (Wildman–Crippen MR) is 93.9 cm³/mol. The van der Waals surface area contributed by atoms with Crippen LogP contribution in [0, 0.1) is 12.8 Å². The number of pyridine rings is 1. The number of fused-ring (bicyclic) bond motifs is 1. The number of anilines is 1. The van der Waals surface area contributed by atoms with E-state index in [1.54, 1.807) is 6.20 Å². The Kier molecular flexibility index (Phi) is 3.90. The van der Waals surface area contributed by atoms with Gasteiger partial charge in [-0.2, -0.15) is 5.10 Å². The van der Waals surface area contributed by atoms with Gasteiger partial charge in [0.2, 0.25) is 0 Å². The van der Waals surface area contributed by atoms with Crippen LogP contribution >= 0.6 is 0 Å². The molecule has 2 atom stereocenters. The summed E-state index contributed by atoms with van der Waals surface area (Å²) in [6, 6.07) is 6.65. The summed E-state index contributed by atoms with van der Waals surface area (Å²) in [6.07, 6.45) is 8.66. The van der Waals surface area contributed by atoms with Gasteiger partial charge in [-0.1, -0.05) is 6.07 Å². The monoisotopic (exact) mass is 322 g/mol. The first-order valence-corrected chi connectivity index (χ1v) is 8.37. The Balaban J connectivity index is 1.54. The van der Waals surface area contributed by atoms with Crippen molar-refractivity contribution >= 4 is 11.3 Å². The third-order valence-electron chi connectivity index (χ3n) is 4.84. The lowest BCUT2D eigenvalue weighted by molar-refractivity contribution is 0.281. The van der Waals surface area contributed by atoms with Crippen molar-refractivity contribution < 1.29 is 0 Å². The normalized spacial score (nSPS) is 21.4. The first kappa shape index (κ1) is 15.1. The highest BCUT2D eigenvalue weighted by atomic mass is 15.2. The van der Waals surface area contributed by atoms with Gasteiger partial charge in [0.1, 0.15) is 5.52 Å². The number of hydrogen-bond donors (Lipinski definition) is 1. The molecule has 1 saturated heterocycles. The summed E-state index contributed by atoms with van der Waals surface area (Å²) >= 11 is 0. The van der Waals surface area contributed by atoms with Gasteiger partial charge < -0.3 is 5.32 Å². The van der Waals surface area contributed by atoms with Crippen LogP contribution in [0.3, 0.4) is 0 Å². The lowest BCUT2D eigenvalue weighted by atomic mass is 9.95. The maximum absolute atomic E-state index is 4.50. The number of likely N-dealkylation sites (tertiary alicyclic amines) is 1. The zero-order chi connectivity index (χ0) is 16.5. The number of nitrogens with zero attached hydrogens (tertiary/aromatic N) is 5. The molecule has 0 unspecified atom stereocenters. The quantitative estimate of drug-likeness (QED) is 0.800. The molecule has 24 heavy (non-hydrogen) atoms. The van der Waals surface area contributed by atoms with Gasteiger partial charge in [-0.15, -0.1) is 0 Å². The average Bonchev–Trinajstić information content (AvgIpc) is 3.15. The molecule has 6 heteroatoms. The molecule has 3 aromatic heterocycles. The highest BCUT2D eigenvalue weighted by Gasteiger charge is 2.33. The van der Waals surface area contributed by atoms with Crippen molar-refractivity contribution in [1.82, 2.24) is 24.5 Å². The molecular formula is C18H22N6. The zero-order valence-corrected chi connectivity index (χ0v) is 14.1. The average molecular weight is 322 g/mol. The molecule has 0 radical (unpaired) electrons. The van der Waals surface area contributed by atoms with Crippen LogP contribution in [-0.2, 0) is 0 Å². The second-order valence-corrected chi connectivity index (χ2v) is 6.53. The topological polar surface area (TPSA) is 58.3 Å². The largest absolute Gasteiger partial charge is 0.368 e. The van der Waals surface area contributed by atoms with Crippen LogP contribution in [0.15, 0.2) is 43.0 Å². The molecule has 0 spiro atoms. The summed E-state index contributed by atoms with van der Waals surface area (Å²) < 4.78 is 1.88. The first-order chi connectivity index (χ1) is 11.7. The summed E-state index contributed by atoms with van der Waals surface area (Å²) in [5.74, 6) is 1.43. The molecule has 6 nitrogen and oxygen atoms in total. The smallest absolute Gasteiger partial charge is 0.152 e. The maximum Gasteiger partial charge on any atom is 0.152 e. The fourth-order valence-corrected chi connectivity index (χ4v) is 3.73. The highest BCUT2D eigenvalue weighted by molar-refractivity contribution is 5.67.